The van der Waals surface area contributed by atoms with Crippen LogP contribution in [0.15, 0.2) is 0 Å². The maximum absolute atomic E-state index is 12.6. The second-order valence-electron chi connectivity index (χ2n) is 6.81. The summed E-state index contributed by atoms with van der Waals surface area (Å²) in [6, 6.07) is 0.167. The first-order valence-electron chi connectivity index (χ1n) is 8.69. The number of nitrogens with zero attached hydrogens (tertiary/aromatic N) is 1. The summed E-state index contributed by atoms with van der Waals surface area (Å²) in [5.74, 6) is 0.709. The average molecular weight is 293 g/mol. The van der Waals surface area contributed by atoms with Gasteiger partial charge in [0, 0.05) is 31.5 Å². The van der Waals surface area contributed by atoms with Crippen molar-refractivity contribution < 1.29 is 14.3 Å². The number of carbonyl (C=O) groups is 2. The van der Waals surface area contributed by atoms with Gasteiger partial charge in [0.25, 0.3) is 0 Å². The highest BCUT2D eigenvalue weighted by atomic mass is 16.5. The highest BCUT2D eigenvalue weighted by Crippen LogP contribution is 2.32. The molecule has 3 unspecified atom stereocenters. The number of Topliss-reactive ketones (excluding diaryl/α,β-unsaturated/α-hetero) is 1. The van der Waals surface area contributed by atoms with Crippen LogP contribution in [0.4, 0.5) is 0 Å². The highest BCUT2D eigenvalue weighted by Gasteiger charge is 2.38. The lowest BCUT2D eigenvalue weighted by molar-refractivity contribution is -0.141. The normalized spacial score (nSPS) is 34.2. The van der Waals surface area contributed by atoms with Crippen LogP contribution in [0, 0.1) is 5.92 Å². The third-order valence-electron chi connectivity index (χ3n) is 5.36. The quantitative estimate of drug-likeness (QED) is 0.803. The molecule has 1 saturated carbocycles. The van der Waals surface area contributed by atoms with Crippen molar-refractivity contribution >= 4 is 11.7 Å². The summed E-state index contributed by atoms with van der Waals surface area (Å²) in [5.41, 5.74) is 0. The van der Waals surface area contributed by atoms with Gasteiger partial charge in [-0.05, 0) is 44.9 Å². The molecule has 3 fully saturated rings. The Labute approximate surface area is 127 Å². The fourth-order valence-electron chi connectivity index (χ4n) is 4.22. The molecule has 4 nitrogen and oxygen atoms in total. The Bertz CT molecular complexity index is 389. The maximum Gasteiger partial charge on any atom is 0.225 e. The van der Waals surface area contributed by atoms with Gasteiger partial charge in [0.2, 0.25) is 5.91 Å². The Morgan fingerprint density at radius 3 is 2.71 bits per heavy atom. The second-order valence-corrected chi connectivity index (χ2v) is 6.81. The van der Waals surface area contributed by atoms with Crippen LogP contribution in [0.3, 0.4) is 0 Å². The molecule has 2 aliphatic heterocycles. The van der Waals surface area contributed by atoms with Gasteiger partial charge in [0.1, 0.15) is 5.78 Å². The minimum atomic E-state index is 0.104. The number of hydrogen-bond donors (Lipinski definition) is 0. The van der Waals surface area contributed by atoms with E-state index >= 15 is 0 Å². The van der Waals surface area contributed by atoms with E-state index in [-0.39, 0.29) is 24.0 Å². The molecule has 1 aliphatic carbocycles. The zero-order valence-electron chi connectivity index (χ0n) is 12.9. The van der Waals surface area contributed by atoms with Crippen LogP contribution < -0.4 is 0 Å². The largest absolute Gasteiger partial charge is 0.378 e. The van der Waals surface area contributed by atoms with Gasteiger partial charge in [-0.3, -0.25) is 9.59 Å². The number of likely N-dealkylation sites (tertiary alicyclic amines) is 1. The lowest BCUT2D eigenvalue weighted by atomic mass is 9.79. The predicted octanol–water partition coefficient (Wildman–Crippen LogP) is 2.70. The number of carbonyl (C=O) groups excluding carboxylic acids is 2. The molecule has 3 aliphatic rings. The predicted molar refractivity (Wildman–Crippen MR) is 79.9 cm³/mol. The summed E-state index contributed by atoms with van der Waals surface area (Å²) in [6.07, 6.45) is 9.81. The Morgan fingerprint density at radius 2 is 1.95 bits per heavy atom. The molecule has 0 aromatic carbocycles. The molecule has 118 valence electrons. The van der Waals surface area contributed by atoms with Crippen LogP contribution in [0.2, 0.25) is 0 Å². The molecule has 0 radical (unpaired) electrons. The van der Waals surface area contributed by atoms with Crippen molar-refractivity contribution in [1.29, 1.82) is 0 Å². The van der Waals surface area contributed by atoms with Gasteiger partial charge in [0.05, 0.1) is 12.5 Å². The van der Waals surface area contributed by atoms with Crippen molar-refractivity contribution in [3.05, 3.63) is 0 Å². The van der Waals surface area contributed by atoms with E-state index in [4.69, 9.17) is 4.74 Å². The maximum atomic E-state index is 12.6. The SMILES string of the molecule is O=C1CCCCC1C1CCCCN1C(=O)CC1CCCO1. The van der Waals surface area contributed by atoms with Gasteiger partial charge in [0.15, 0.2) is 0 Å². The molecule has 3 atom stereocenters. The molecule has 0 aromatic heterocycles. The summed E-state index contributed by atoms with van der Waals surface area (Å²) < 4.78 is 5.60. The lowest BCUT2D eigenvalue weighted by Crippen LogP contribution is -2.50. The van der Waals surface area contributed by atoms with Gasteiger partial charge in [-0.15, -0.1) is 0 Å². The molecule has 2 heterocycles. The molecule has 21 heavy (non-hydrogen) atoms. The number of ketones is 1. The summed E-state index contributed by atoms with van der Waals surface area (Å²) in [7, 11) is 0. The monoisotopic (exact) mass is 293 g/mol. The Morgan fingerprint density at radius 1 is 1.10 bits per heavy atom. The van der Waals surface area contributed by atoms with Crippen LogP contribution in [-0.2, 0) is 14.3 Å². The van der Waals surface area contributed by atoms with E-state index in [0.29, 0.717) is 12.2 Å². The lowest BCUT2D eigenvalue weighted by Gasteiger charge is -2.41. The Kier molecular flexibility index (Phi) is 4.94. The molecule has 4 heteroatoms. The van der Waals surface area contributed by atoms with Crippen LogP contribution in [0.1, 0.15) is 64.2 Å². The first kappa shape index (κ1) is 15.0. The summed E-state index contributed by atoms with van der Waals surface area (Å²) >= 11 is 0. The van der Waals surface area contributed by atoms with Crippen molar-refractivity contribution in [1.82, 2.24) is 4.90 Å². The van der Waals surface area contributed by atoms with E-state index in [2.05, 4.69) is 0 Å². The zero-order chi connectivity index (χ0) is 14.7. The van der Waals surface area contributed by atoms with Crippen molar-refractivity contribution in [2.24, 2.45) is 5.92 Å². The molecule has 2 saturated heterocycles. The van der Waals surface area contributed by atoms with Crippen molar-refractivity contribution in [3.8, 4) is 0 Å². The fraction of sp³-hybridized carbons (Fsp3) is 0.882. The van der Waals surface area contributed by atoms with E-state index < -0.39 is 0 Å². The van der Waals surface area contributed by atoms with Crippen LogP contribution in [-0.4, -0.2) is 41.9 Å². The summed E-state index contributed by atoms with van der Waals surface area (Å²) in [6.45, 7) is 1.63. The number of ether oxygens (including phenoxy) is 1. The van der Waals surface area contributed by atoms with E-state index in [0.717, 1.165) is 70.9 Å². The standard InChI is InChI=1S/C17H27NO3/c19-16-9-2-1-7-14(16)15-8-3-4-10-18(15)17(20)12-13-6-5-11-21-13/h13-15H,1-12H2. The molecule has 0 aromatic rings. The highest BCUT2D eigenvalue weighted by molar-refractivity contribution is 5.84. The van der Waals surface area contributed by atoms with Crippen LogP contribution in [0.25, 0.3) is 0 Å². The average Bonchev–Trinajstić information content (AvgIpc) is 3.01. The number of piperidine rings is 1. The third kappa shape index (κ3) is 3.47. The first-order chi connectivity index (χ1) is 10.3. The smallest absolute Gasteiger partial charge is 0.225 e. The number of hydrogen-bond acceptors (Lipinski definition) is 3. The van der Waals surface area contributed by atoms with Gasteiger partial charge in [-0.1, -0.05) is 6.42 Å². The number of rotatable bonds is 3. The van der Waals surface area contributed by atoms with Crippen molar-refractivity contribution in [2.45, 2.75) is 76.4 Å². The van der Waals surface area contributed by atoms with Crippen molar-refractivity contribution in [2.75, 3.05) is 13.2 Å². The molecule has 0 spiro atoms. The minimum absolute atomic E-state index is 0.104. The molecular weight excluding hydrogens is 266 g/mol. The van der Waals surface area contributed by atoms with E-state index in [1.807, 2.05) is 4.90 Å². The van der Waals surface area contributed by atoms with Gasteiger partial charge < -0.3 is 9.64 Å². The van der Waals surface area contributed by atoms with Crippen LogP contribution in [0.5, 0.6) is 0 Å². The molecular formula is C17H27NO3. The van der Waals surface area contributed by atoms with Crippen molar-refractivity contribution in [3.63, 3.8) is 0 Å². The topological polar surface area (TPSA) is 46.6 Å². The summed E-state index contributed by atoms with van der Waals surface area (Å²) in [5, 5.41) is 0. The molecule has 0 N–H and O–H groups in total. The molecule has 1 amide bonds. The Hall–Kier alpha value is -0.900. The first-order valence-corrected chi connectivity index (χ1v) is 8.69. The molecule has 3 rings (SSSR count). The van der Waals surface area contributed by atoms with Gasteiger partial charge >= 0.3 is 0 Å². The summed E-state index contributed by atoms with van der Waals surface area (Å²) in [4.78, 5) is 26.9. The van der Waals surface area contributed by atoms with Gasteiger partial charge in [-0.25, -0.2) is 0 Å². The minimum Gasteiger partial charge on any atom is -0.378 e. The van der Waals surface area contributed by atoms with E-state index in [9.17, 15) is 9.59 Å². The van der Waals surface area contributed by atoms with E-state index in [1.165, 1.54) is 0 Å². The number of amides is 1. The van der Waals surface area contributed by atoms with Crippen LogP contribution >= 0.6 is 0 Å². The third-order valence-corrected chi connectivity index (χ3v) is 5.36. The molecule has 0 bridgehead atoms. The second kappa shape index (κ2) is 6.91. The van der Waals surface area contributed by atoms with Gasteiger partial charge in [-0.2, -0.15) is 0 Å². The zero-order valence-corrected chi connectivity index (χ0v) is 12.9. The fourth-order valence-corrected chi connectivity index (χ4v) is 4.22. The van der Waals surface area contributed by atoms with E-state index in [1.54, 1.807) is 0 Å². The Balaban J connectivity index is 1.65.